The molecule has 0 radical (unpaired) electrons. The van der Waals surface area contributed by atoms with Crippen LogP contribution in [0, 0.1) is 0 Å². The summed E-state index contributed by atoms with van der Waals surface area (Å²) in [5, 5.41) is 2.05. The van der Waals surface area contributed by atoms with Crippen LogP contribution in [-0.2, 0) is 9.53 Å². The summed E-state index contributed by atoms with van der Waals surface area (Å²) in [6.07, 6.45) is 8.97. The van der Waals surface area contributed by atoms with Crippen LogP contribution >= 0.6 is 46.4 Å². The van der Waals surface area contributed by atoms with Gasteiger partial charge in [0.15, 0.2) is 0 Å². The van der Waals surface area contributed by atoms with Crippen molar-refractivity contribution in [2.45, 2.75) is 38.0 Å². The van der Waals surface area contributed by atoms with Crippen LogP contribution in [0.2, 0.25) is 20.1 Å². The van der Waals surface area contributed by atoms with E-state index in [4.69, 9.17) is 51.1 Å². The van der Waals surface area contributed by atoms with Crippen LogP contribution in [0.25, 0.3) is 6.08 Å². The number of carbonyl (C=O) groups is 1. The van der Waals surface area contributed by atoms with Crippen molar-refractivity contribution in [3.8, 4) is 0 Å². The largest absolute Gasteiger partial charge is 0.462 e. The molecule has 7 heteroatoms. The molecule has 2 aromatic carbocycles. The van der Waals surface area contributed by atoms with E-state index < -0.39 is 5.97 Å². The molecule has 0 amide bonds. The van der Waals surface area contributed by atoms with Crippen LogP contribution in [0.15, 0.2) is 42.5 Å². The number of ether oxygens (including phenoxy) is 1. The van der Waals surface area contributed by atoms with E-state index in [9.17, 15) is 4.79 Å². The summed E-state index contributed by atoms with van der Waals surface area (Å²) in [4.78, 5) is 14.9. The quantitative estimate of drug-likeness (QED) is 0.264. The Morgan fingerprint density at radius 1 is 0.938 bits per heavy atom. The normalized spacial score (nSPS) is 16.1. The van der Waals surface area contributed by atoms with Crippen molar-refractivity contribution < 1.29 is 9.53 Å². The van der Waals surface area contributed by atoms with Crippen molar-refractivity contribution in [3.63, 3.8) is 0 Å². The zero-order valence-corrected chi connectivity index (χ0v) is 20.9. The van der Waals surface area contributed by atoms with Crippen molar-refractivity contribution in [2.24, 2.45) is 0 Å². The zero-order valence-electron chi connectivity index (χ0n) is 17.8. The minimum Gasteiger partial charge on any atom is -0.462 e. The standard InChI is InChI=1S/C25H27Cl4NO2/c26-21-8-5-18(23(28)16-21)7-10-25(31)32-17-20(19-6-9-22(27)24(29)15-19)11-14-30-12-3-1-2-4-13-30/h5-10,15-16,20H,1-4,11-14,17H2/b10-7+. The second-order valence-corrected chi connectivity index (χ2v) is 9.70. The molecule has 1 aliphatic rings. The maximum atomic E-state index is 12.4. The first-order chi connectivity index (χ1) is 15.4. The van der Waals surface area contributed by atoms with Gasteiger partial charge in [0.25, 0.3) is 0 Å². The Kier molecular flexibility index (Phi) is 10.2. The van der Waals surface area contributed by atoms with Crippen LogP contribution in [0.3, 0.4) is 0 Å². The van der Waals surface area contributed by atoms with Crippen LogP contribution in [0.1, 0.15) is 49.1 Å². The van der Waals surface area contributed by atoms with Crippen molar-refractivity contribution in [1.82, 2.24) is 4.90 Å². The SMILES string of the molecule is O=C(/C=C/c1ccc(Cl)cc1Cl)OCC(CCN1CCCCCC1)c1ccc(Cl)c(Cl)c1. The maximum Gasteiger partial charge on any atom is 0.330 e. The van der Waals surface area contributed by atoms with Gasteiger partial charge in [0.2, 0.25) is 0 Å². The highest BCUT2D eigenvalue weighted by molar-refractivity contribution is 6.42. The summed E-state index contributed by atoms with van der Waals surface area (Å²) < 4.78 is 5.59. The Morgan fingerprint density at radius 2 is 1.69 bits per heavy atom. The zero-order chi connectivity index (χ0) is 22.9. The van der Waals surface area contributed by atoms with Gasteiger partial charge in [-0.15, -0.1) is 0 Å². The third-order valence-corrected chi connectivity index (χ3v) is 7.00. The molecule has 1 heterocycles. The Hall–Kier alpha value is -1.23. The van der Waals surface area contributed by atoms with E-state index in [-0.39, 0.29) is 12.5 Å². The summed E-state index contributed by atoms with van der Waals surface area (Å²) in [7, 11) is 0. The van der Waals surface area contributed by atoms with Gasteiger partial charge in [0.05, 0.1) is 16.7 Å². The Bertz CT molecular complexity index is 940. The highest BCUT2D eigenvalue weighted by Gasteiger charge is 2.18. The fraction of sp³-hybridized carbons (Fsp3) is 0.400. The summed E-state index contributed by atoms with van der Waals surface area (Å²) in [6.45, 7) is 3.47. The molecule has 0 aliphatic carbocycles. The number of esters is 1. The number of likely N-dealkylation sites (tertiary alicyclic amines) is 1. The van der Waals surface area contributed by atoms with Gasteiger partial charge in [-0.3, -0.25) is 0 Å². The topological polar surface area (TPSA) is 29.5 Å². The highest BCUT2D eigenvalue weighted by Crippen LogP contribution is 2.29. The van der Waals surface area contributed by atoms with Crippen molar-refractivity contribution >= 4 is 58.4 Å². The first-order valence-electron chi connectivity index (χ1n) is 10.9. The average molecular weight is 515 g/mol. The molecular weight excluding hydrogens is 488 g/mol. The molecule has 172 valence electrons. The van der Waals surface area contributed by atoms with Gasteiger partial charge in [0, 0.05) is 22.0 Å². The number of halogens is 4. The minimum atomic E-state index is -0.421. The molecular formula is C25H27Cl4NO2. The smallest absolute Gasteiger partial charge is 0.330 e. The number of carbonyl (C=O) groups excluding carboxylic acids is 1. The predicted octanol–water partition coefficient (Wildman–Crippen LogP) is 7.91. The van der Waals surface area contributed by atoms with Gasteiger partial charge >= 0.3 is 5.97 Å². The summed E-state index contributed by atoms with van der Waals surface area (Å²) in [6, 6.07) is 10.7. The van der Waals surface area contributed by atoms with Crippen LogP contribution < -0.4 is 0 Å². The van der Waals surface area contributed by atoms with Crippen molar-refractivity contribution in [1.29, 1.82) is 0 Å². The minimum absolute atomic E-state index is 0.0319. The highest BCUT2D eigenvalue weighted by atomic mass is 35.5. The van der Waals surface area contributed by atoms with Gasteiger partial charge in [0.1, 0.15) is 0 Å². The van der Waals surface area contributed by atoms with Gasteiger partial charge in [-0.05, 0) is 80.4 Å². The third kappa shape index (κ3) is 7.97. The van der Waals surface area contributed by atoms with E-state index in [0.717, 1.165) is 31.6 Å². The molecule has 32 heavy (non-hydrogen) atoms. The molecule has 0 saturated carbocycles. The predicted molar refractivity (Wildman–Crippen MR) is 135 cm³/mol. The lowest BCUT2D eigenvalue weighted by Gasteiger charge is -2.24. The monoisotopic (exact) mass is 513 g/mol. The lowest BCUT2D eigenvalue weighted by atomic mass is 9.96. The van der Waals surface area contributed by atoms with Crippen molar-refractivity contribution in [3.05, 3.63) is 73.7 Å². The number of benzene rings is 2. The van der Waals surface area contributed by atoms with Gasteiger partial charge in [-0.25, -0.2) is 4.79 Å². The molecule has 1 unspecified atom stereocenters. The average Bonchev–Trinajstić information content (AvgIpc) is 3.04. The summed E-state index contributed by atoms with van der Waals surface area (Å²) in [5.41, 5.74) is 1.72. The summed E-state index contributed by atoms with van der Waals surface area (Å²) in [5.74, 6) is -0.389. The first-order valence-corrected chi connectivity index (χ1v) is 12.4. The maximum absolute atomic E-state index is 12.4. The van der Waals surface area contributed by atoms with Gasteiger partial charge in [-0.1, -0.05) is 71.4 Å². The second-order valence-electron chi connectivity index (χ2n) is 8.04. The Labute approximate surface area is 210 Å². The third-order valence-electron chi connectivity index (χ3n) is 5.70. The molecule has 0 bridgehead atoms. The van der Waals surface area contributed by atoms with Crippen LogP contribution in [0.4, 0.5) is 0 Å². The number of rotatable bonds is 8. The molecule has 1 saturated heterocycles. The molecule has 1 aliphatic heterocycles. The molecule has 0 aromatic heterocycles. The summed E-state index contributed by atoms with van der Waals surface area (Å²) >= 11 is 24.4. The molecule has 0 N–H and O–H groups in total. The van der Waals surface area contributed by atoms with E-state index >= 15 is 0 Å². The van der Waals surface area contributed by atoms with Gasteiger partial charge in [-0.2, -0.15) is 0 Å². The number of hydrogen-bond donors (Lipinski definition) is 0. The Balaban J connectivity index is 1.63. The number of hydrogen-bond acceptors (Lipinski definition) is 3. The first kappa shape index (κ1) is 25.4. The van der Waals surface area contributed by atoms with Crippen LogP contribution in [-0.4, -0.2) is 37.1 Å². The molecule has 1 atom stereocenters. The molecule has 3 rings (SSSR count). The van der Waals surface area contributed by atoms with E-state index in [1.54, 1.807) is 30.3 Å². The van der Waals surface area contributed by atoms with E-state index in [0.29, 0.717) is 25.7 Å². The van der Waals surface area contributed by atoms with E-state index in [1.807, 2.05) is 12.1 Å². The molecule has 3 nitrogen and oxygen atoms in total. The molecule has 0 spiro atoms. The fourth-order valence-electron chi connectivity index (χ4n) is 3.84. The molecule has 2 aromatic rings. The lowest BCUT2D eigenvalue weighted by molar-refractivity contribution is -0.138. The fourth-order valence-corrected chi connectivity index (χ4v) is 4.61. The number of nitrogens with zero attached hydrogens (tertiary/aromatic N) is 1. The second kappa shape index (κ2) is 12.9. The Morgan fingerprint density at radius 3 is 2.38 bits per heavy atom. The van der Waals surface area contributed by atoms with Crippen molar-refractivity contribution in [2.75, 3.05) is 26.2 Å². The molecule has 1 fully saturated rings. The lowest BCUT2D eigenvalue weighted by Crippen LogP contribution is -2.27. The van der Waals surface area contributed by atoms with Crippen LogP contribution in [0.5, 0.6) is 0 Å². The van der Waals surface area contributed by atoms with Gasteiger partial charge < -0.3 is 9.64 Å². The van der Waals surface area contributed by atoms with E-state index in [2.05, 4.69) is 4.90 Å². The van der Waals surface area contributed by atoms with E-state index in [1.165, 1.54) is 31.8 Å².